The monoisotopic (exact) mass is 382 g/mol. The number of ether oxygens (including phenoxy) is 1. The molecule has 0 N–H and O–H groups in total. The number of pyridine rings is 1. The Bertz CT molecular complexity index is 1130. The van der Waals surface area contributed by atoms with E-state index in [9.17, 15) is 4.79 Å². The summed E-state index contributed by atoms with van der Waals surface area (Å²) in [6.45, 7) is 1.66. The SMILES string of the molecule is Cc1noc2nc(C3CC3)cc(C(=O)OCc3nnc(-c4cccs4)o3)c12. The van der Waals surface area contributed by atoms with Gasteiger partial charge < -0.3 is 13.7 Å². The van der Waals surface area contributed by atoms with Crippen molar-refractivity contribution < 1.29 is 18.5 Å². The molecule has 0 radical (unpaired) electrons. The topological polar surface area (TPSA) is 104 Å². The van der Waals surface area contributed by atoms with Crippen molar-refractivity contribution >= 4 is 28.4 Å². The number of carbonyl (C=O) groups is 1. The largest absolute Gasteiger partial charge is 0.452 e. The van der Waals surface area contributed by atoms with Gasteiger partial charge in [-0.1, -0.05) is 11.2 Å². The standard InChI is InChI=1S/C18H14N4O4S/c1-9-15-11(7-12(10-4-5-10)19-17(15)26-22-9)18(23)24-8-14-20-21-16(25-14)13-3-2-6-27-13/h2-3,6-7,10H,4-5,8H2,1H3. The number of aromatic nitrogens is 4. The van der Waals surface area contributed by atoms with Gasteiger partial charge in [0.05, 0.1) is 21.5 Å². The van der Waals surface area contributed by atoms with Gasteiger partial charge in [0, 0.05) is 11.6 Å². The molecule has 0 atom stereocenters. The fourth-order valence-electron chi connectivity index (χ4n) is 2.88. The van der Waals surface area contributed by atoms with Gasteiger partial charge in [-0.15, -0.1) is 21.5 Å². The van der Waals surface area contributed by atoms with Crippen molar-refractivity contribution in [2.24, 2.45) is 0 Å². The van der Waals surface area contributed by atoms with Gasteiger partial charge in [0.15, 0.2) is 6.61 Å². The van der Waals surface area contributed by atoms with Gasteiger partial charge in [0.1, 0.15) is 0 Å². The maximum Gasteiger partial charge on any atom is 0.339 e. The van der Waals surface area contributed by atoms with Gasteiger partial charge >= 0.3 is 5.97 Å². The highest BCUT2D eigenvalue weighted by molar-refractivity contribution is 7.13. The van der Waals surface area contributed by atoms with E-state index in [1.54, 1.807) is 13.0 Å². The summed E-state index contributed by atoms with van der Waals surface area (Å²) in [5.74, 6) is 0.525. The van der Waals surface area contributed by atoms with Crippen LogP contribution in [0.25, 0.3) is 21.9 Å². The predicted octanol–water partition coefficient (Wildman–Crippen LogP) is 3.88. The molecule has 4 heterocycles. The van der Waals surface area contributed by atoms with Crippen LogP contribution >= 0.6 is 11.3 Å². The van der Waals surface area contributed by atoms with E-state index in [2.05, 4.69) is 20.3 Å². The number of hydrogen-bond acceptors (Lipinski definition) is 9. The lowest BCUT2D eigenvalue weighted by atomic mass is 10.1. The first-order chi connectivity index (χ1) is 13.2. The first-order valence-corrected chi connectivity index (χ1v) is 9.37. The van der Waals surface area contributed by atoms with Crippen LogP contribution in [0.15, 0.2) is 32.5 Å². The van der Waals surface area contributed by atoms with Crippen molar-refractivity contribution in [2.75, 3.05) is 0 Å². The zero-order valence-corrected chi connectivity index (χ0v) is 15.2. The van der Waals surface area contributed by atoms with E-state index in [-0.39, 0.29) is 12.5 Å². The molecule has 8 nitrogen and oxygen atoms in total. The third kappa shape index (κ3) is 2.99. The van der Waals surface area contributed by atoms with Gasteiger partial charge in [-0.2, -0.15) is 0 Å². The number of esters is 1. The van der Waals surface area contributed by atoms with Gasteiger partial charge in [-0.3, -0.25) is 0 Å². The maximum absolute atomic E-state index is 12.7. The summed E-state index contributed by atoms with van der Waals surface area (Å²) in [6.07, 6.45) is 2.13. The first-order valence-electron chi connectivity index (χ1n) is 8.49. The molecule has 27 heavy (non-hydrogen) atoms. The molecule has 136 valence electrons. The van der Waals surface area contributed by atoms with Crippen LogP contribution in [0.2, 0.25) is 0 Å². The quantitative estimate of drug-likeness (QED) is 0.479. The van der Waals surface area contributed by atoms with Crippen LogP contribution in [-0.4, -0.2) is 26.3 Å². The van der Waals surface area contributed by atoms with Crippen molar-refractivity contribution in [3.05, 3.63) is 46.4 Å². The highest BCUT2D eigenvalue weighted by atomic mass is 32.1. The number of hydrogen-bond donors (Lipinski definition) is 0. The van der Waals surface area contributed by atoms with Crippen LogP contribution in [0.3, 0.4) is 0 Å². The smallest absolute Gasteiger partial charge is 0.339 e. The molecule has 1 fully saturated rings. The Kier molecular flexibility index (Phi) is 3.75. The Morgan fingerprint density at radius 1 is 1.37 bits per heavy atom. The van der Waals surface area contributed by atoms with Crippen molar-refractivity contribution in [2.45, 2.75) is 32.3 Å². The second-order valence-corrected chi connectivity index (χ2v) is 7.32. The molecule has 0 amide bonds. The lowest BCUT2D eigenvalue weighted by Gasteiger charge is -2.05. The molecular formula is C18H14N4O4S. The molecule has 9 heteroatoms. The number of fused-ring (bicyclic) bond motifs is 1. The van der Waals surface area contributed by atoms with E-state index >= 15 is 0 Å². The molecule has 4 aromatic heterocycles. The Balaban J connectivity index is 1.39. The minimum absolute atomic E-state index is 0.107. The van der Waals surface area contributed by atoms with Crippen LogP contribution in [-0.2, 0) is 11.3 Å². The Morgan fingerprint density at radius 2 is 2.26 bits per heavy atom. The Hall–Kier alpha value is -3.07. The van der Waals surface area contributed by atoms with Crippen LogP contribution in [0.1, 0.15) is 46.4 Å². The molecule has 1 saturated carbocycles. The number of aryl methyl sites for hydroxylation is 1. The molecule has 0 saturated heterocycles. The third-order valence-electron chi connectivity index (χ3n) is 4.38. The number of carbonyl (C=O) groups excluding carboxylic acids is 1. The summed E-state index contributed by atoms with van der Waals surface area (Å²) < 4.78 is 16.2. The third-order valence-corrected chi connectivity index (χ3v) is 5.24. The second-order valence-electron chi connectivity index (χ2n) is 6.37. The maximum atomic E-state index is 12.7. The van der Waals surface area contributed by atoms with Gasteiger partial charge in [0.25, 0.3) is 17.5 Å². The van der Waals surface area contributed by atoms with E-state index < -0.39 is 5.97 Å². The zero-order chi connectivity index (χ0) is 18.4. The summed E-state index contributed by atoms with van der Waals surface area (Å²) in [4.78, 5) is 18.0. The van der Waals surface area contributed by atoms with E-state index in [0.29, 0.717) is 34.2 Å². The molecule has 1 aliphatic rings. The van der Waals surface area contributed by atoms with E-state index in [4.69, 9.17) is 13.7 Å². The minimum atomic E-state index is -0.494. The van der Waals surface area contributed by atoms with Crippen molar-refractivity contribution in [3.63, 3.8) is 0 Å². The zero-order valence-electron chi connectivity index (χ0n) is 14.3. The Labute approximate surface area is 157 Å². The van der Waals surface area contributed by atoms with Crippen molar-refractivity contribution in [1.29, 1.82) is 0 Å². The summed E-state index contributed by atoms with van der Waals surface area (Å²) >= 11 is 1.50. The molecule has 0 bridgehead atoms. The summed E-state index contributed by atoms with van der Waals surface area (Å²) in [5, 5.41) is 14.3. The Morgan fingerprint density at radius 3 is 3.04 bits per heavy atom. The van der Waals surface area contributed by atoms with Crippen LogP contribution in [0, 0.1) is 6.92 Å². The molecule has 0 aromatic carbocycles. The molecule has 0 aliphatic heterocycles. The highest BCUT2D eigenvalue weighted by Gasteiger charge is 2.29. The van der Waals surface area contributed by atoms with Crippen molar-refractivity contribution in [3.8, 4) is 10.8 Å². The first kappa shape index (κ1) is 16.1. The second kappa shape index (κ2) is 6.27. The lowest BCUT2D eigenvalue weighted by Crippen LogP contribution is -2.08. The predicted molar refractivity (Wildman–Crippen MR) is 95.2 cm³/mol. The summed E-state index contributed by atoms with van der Waals surface area (Å²) in [6, 6.07) is 5.56. The molecule has 0 unspecified atom stereocenters. The van der Waals surface area contributed by atoms with E-state index in [0.717, 1.165) is 23.4 Å². The summed E-state index contributed by atoms with van der Waals surface area (Å²) in [5.41, 5.74) is 2.20. The lowest BCUT2D eigenvalue weighted by molar-refractivity contribution is 0.0440. The number of thiophene rings is 1. The highest BCUT2D eigenvalue weighted by Crippen LogP contribution is 2.40. The fraction of sp³-hybridized carbons (Fsp3) is 0.278. The van der Waals surface area contributed by atoms with Gasteiger partial charge in [-0.25, -0.2) is 9.78 Å². The molecule has 5 rings (SSSR count). The molecular weight excluding hydrogens is 368 g/mol. The summed E-state index contributed by atoms with van der Waals surface area (Å²) in [7, 11) is 0. The normalized spacial score (nSPS) is 14.0. The average Bonchev–Trinajstić information content (AvgIpc) is 3.07. The molecule has 4 aromatic rings. The van der Waals surface area contributed by atoms with Crippen molar-refractivity contribution in [1.82, 2.24) is 20.3 Å². The van der Waals surface area contributed by atoms with Crippen LogP contribution in [0.4, 0.5) is 0 Å². The van der Waals surface area contributed by atoms with Crippen LogP contribution < -0.4 is 0 Å². The molecule has 1 aliphatic carbocycles. The fourth-order valence-corrected chi connectivity index (χ4v) is 3.52. The minimum Gasteiger partial charge on any atom is -0.452 e. The van der Waals surface area contributed by atoms with E-state index in [1.807, 2.05) is 17.5 Å². The molecule has 0 spiro atoms. The van der Waals surface area contributed by atoms with Gasteiger partial charge in [0.2, 0.25) is 0 Å². The van der Waals surface area contributed by atoms with E-state index in [1.165, 1.54) is 11.3 Å². The average molecular weight is 382 g/mol. The van der Waals surface area contributed by atoms with Gasteiger partial charge in [-0.05, 0) is 37.3 Å². The number of rotatable bonds is 5. The van der Waals surface area contributed by atoms with Crippen LogP contribution in [0.5, 0.6) is 0 Å². The number of nitrogens with zero attached hydrogens (tertiary/aromatic N) is 4.